The molecule has 2 atom stereocenters. The number of ether oxygens (including phenoxy) is 2. The highest BCUT2D eigenvalue weighted by molar-refractivity contribution is 6.31. The van der Waals surface area contributed by atoms with E-state index >= 15 is 0 Å². The van der Waals surface area contributed by atoms with Gasteiger partial charge in [0.15, 0.2) is 11.5 Å². The zero-order valence-corrected chi connectivity index (χ0v) is 16.8. The summed E-state index contributed by atoms with van der Waals surface area (Å²) >= 11 is 6.50. The van der Waals surface area contributed by atoms with Gasteiger partial charge in [0, 0.05) is 37.3 Å². The molecule has 2 aliphatic rings. The first-order valence-corrected chi connectivity index (χ1v) is 10.1. The Morgan fingerprint density at radius 3 is 2.67 bits per heavy atom. The van der Waals surface area contributed by atoms with Gasteiger partial charge in [-0.2, -0.15) is 0 Å². The number of amides is 1. The standard InChI is InChI=1S/C20H29ClN2O4/c1-3-26-16-10-14(15(21)11-17(16)27-4-2)12-23-9-6-18(24)20(13-23)7-5-8-22-19(20)25/h10-11,18,24H,3-9,12-13H2,1-2H3,(H,22,25)/t18-,20-/m1/s1. The molecule has 0 aliphatic carbocycles. The van der Waals surface area contributed by atoms with Crippen LogP contribution in [0.3, 0.4) is 0 Å². The first kappa shape index (κ1) is 20.2. The highest BCUT2D eigenvalue weighted by Gasteiger charge is 2.49. The van der Waals surface area contributed by atoms with Crippen LogP contribution in [0.1, 0.15) is 38.7 Å². The SMILES string of the molecule is CCOc1cc(Cl)c(CN2CC[C@@H](O)[C@@]3(CCCNC3=O)C2)cc1OCC. The predicted octanol–water partition coefficient (Wildman–Crippen LogP) is 2.60. The molecule has 1 spiro atoms. The quantitative estimate of drug-likeness (QED) is 0.773. The molecule has 0 unspecified atom stereocenters. The van der Waals surface area contributed by atoms with Crippen LogP contribution in [-0.4, -0.2) is 54.9 Å². The maximum Gasteiger partial charge on any atom is 0.230 e. The van der Waals surface area contributed by atoms with Gasteiger partial charge < -0.3 is 19.9 Å². The number of aliphatic hydroxyl groups excluding tert-OH is 1. The van der Waals surface area contributed by atoms with Gasteiger partial charge in [-0.1, -0.05) is 11.6 Å². The van der Waals surface area contributed by atoms with Crippen molar-refractivity contribution in [2.24, 2.45) is 5.41 Å². The summed E-state index contributed by atoms with van der Waals surface area (Å²) in [6.07, 6.45) is 1.61. The molecule has 2 saturated heterocycles. The highest BCUT2D eigenvalue weighted by atomic mass is 35.5. The minimum absolute atomic E-state index is 0.0289. The summed E-state index contributed by atoms with van der Waals surface area (Å²) in [6, 6.07) is 3.72. The van der Waals surface area contributed by atoms with Crippen molar-refractivity contribution >= 4 is 17.5 Å². The number of rotatable bonds is 6. The van der Waals surface area contributed by atoms with Crippen molar-refractivity contribution < 1.29 is 19.4 Å². The molecular weight excluding hydrogens is 368 g/mol. The van der Waals surface area contributed by atoms with Crippen molar-refractivity contribution in [2.45, 2.75) is 45.8 Å². The molecule has 3 rings (SSSR count). The van der Waals surface area contributed by atoms with E-state index in [-0.39, 0.29) is 5.91 Å². The second kappa shape index (κ2) is 8.67. The Morgan fingerprint density at radius 1 is 1.30 bits per heavy atom. The molecular formula is C20H29ClN2O4. The maximum atomic E-state index is 12.5. The third-order valence-electron chi connectivity index (χ3n) is 5.51. The molecule has 0 saturated carbocycles. The number of hydrogen-bond donors (Lipinski definition) is 2. The van der Waals surface area contributed by atoms with Gasteiger partial charge in [0.2, 0.25) is 5.91 Å². The van der Waals surface area contributed by atoms with Crippen LogP contribution in [0.4, 0.5) is 0 Å². The first-order valence-electron chi connectivity index (χ1n) is 9.77. The van der Waals surface area contributed by atoms with Crippen LogP contribution < -0.4 is 14.8 Å². The van der Waals surface area contributed by atoms with E-state index in [4.69, 9.17) is 21.1 Å². The van der Waals surface area contributed by atoms with Crippen LogP contribution in [0.2, 0.25) is 5.02 Å². The number of halogens is 1. The van der Waals surface area contributed by atoms with E-state index < -0.39 is 11.5 Å². The average Bonchev–Trinajstić information content (AvgIpc) is 2.64. The van der Waals surface area contributed by atoms with Gasteiger partial charge in [-0.3, -0.25) is 9.69 Å². The number of nitrogens with zero attached hydrogens (tertiary/aromatic N) is 1. The molecule has 1 amide bonds. The van der Waals surface area contributed by atoms with Gasteiger partial charge in [-0.25, -0.2) is 0 Å². The van der Waals surface area contributed by atoms with Crippen LogP contribution >= 0.6 is 11.6 Å². The van der Waals surface area contributed by atoms with E-state index in [1.807, 2.05) is 19.9 Å². The van der Waals surface area contributed by atoms with E-state index in [9.17, 15) is 9.90 Å². The van der Waals surface area contributed by atoms with Gasteiger partial charge in [-0.15, -0.1) is 0 Å². The molecule has 27 heavy (non-hydrogen) atoms. The van der Waals surface area contributed by atoms with E-state index in [0.29, 0.717) is 55.8 Å². The number of nitrogens with one attached hydrogen (secondary N) is 1. The van der Waals surface area contributed by atoms with Gasteiger partial charge in [0.05, 0.1) is 24.7 Å². The summed E-state index contributed by atoms with van der Waals surface area (Å²) in [6.45, 7) is 7.49. The number of aliphatic hydroxyl groups is 1. The Labute approximate surface area is 165 Å². The molecule has 150 valence electrons. The Bertz CT molecular complexity index is 684. The number of hydrogen-bond acceptors (Lipinski definition) is 5. The minimum atomic E-state index is -0.711. The molecule has 2 heterocycles. The average molecular weight is 397 g/mol. The molecule has 6 nitrogen and oxygen atoms in total. The predicted molar refractivity (Wildman–Crippen MR) is 104 cm³/mol. The fourth-order valence-corrected chi connectivity index (χ4v) is 4.35. The van der Waals surface area contributed by atoms with Crippen molar-refractivity contribution in [1.82, 2.24) is 10.2 Å². The third kappa shape index (κ3) is 4.18. The van der Waals surface area contributed by atoms with Crippen molar-refractivity contribution in [2.75, 3.05) is 32.8 Å². The summed E-state index contributed by atoms with van der Waals surface area (Å²) in [5.74, 6) is 1.30. The topological polar surface area (TPSA) is 71.0 Å². The summed E-state index contributed by atoms with van der Waals surface area (Å²) in [5, 5.41) is 14.1. The monoisotopic (exact) mass is 396 g/mol. The lowest BCUT2D eigenvalue weighted by Crippen LogP contribution is -2.61. The fraction of sp³-hybridized carbons (Fsp3) is 0.650. The number of benzene rings is 1. The third-order valence-corrected chi connectivity index (χ3v) is 5.86. The zero-order chi connectivity index (χ0) is 19.4. The molecule has 0 bridgehead atoms. The second-order valence-corrected chi connectivity index (χ2v) is 7.69. The van der Waals surface area contributed by atoms with E-state index in [1.165, 1.54) is 0 Å². The highest BCUT2D eigenvalue weighted by Crippen LogP contribution is 2.39. The van der Waals surface area contributed by atoms with Crippen molar-refractivity contribution in [3.63, 3.8) is 0 Å². The van der Waals surface area contributed by atoms with E-state index in [1.54, 1.807) is 6.07 Å². The largest absolute Gasteiger partial charge is 0.490 e. The number of carbonyl (C=O) groups is 1. The van der Waals surface area contributed by atoms with Gasteiger partial charge in [-0.05, 0) is 44.7 Å². The number of piperidine rings is 2. The normalized spacial score (nSPS) is 26.1. The van der Waals surface area contributed by atoms with Crippen LogP contribution in [0.5, 0.6) is 11.5 Å². The molecule has 7 heteroatoms. The summed E-state index contributed by atoms with van der Waals surface area (Å²) in [7, 11) is 0. The smallest absolute Gasteiger partial charge is 0.230 e. The van der Waals surface area contributed by atoms with Crippen LogP contribution in [0, 0.1) is 5.41 Å². The van der Waals surface area contributed by atoms with E-state index in [0.717, 1.165) is 24.9 Å². The van der Waals surface area contributed by atoms with Gasteiger partial charge in [0.25, 0.3) is 0 Å². The molecule has 1 aromatic carbocycles. The van der Waals surface area contributed by atoms with Gasteiger partial charge >= 0.3 is 0 Å². The van der Waals surface area contributed by atoms with Crippen LogP contribution in [0.25, 0.3) is 0 Å². The zero-order valence-electron chi connectivity index (χ0n) is 16.1. The fourth-order valence-electron chi connectivity index (χ4n) is 4.14. The Hall–Kier alpha value is -1.50. The van der Waals surface area contributed by atoms with Crippen molar-refractivity contribution in [1.29, 1.82) is 0 Å². The maximum absolute atomic E-state index is 12.5. The summed E-state index contributed by atoms with van der Waals surface area (Å²) in [5.41, 5.74) is 0.225. The molecule has 0 radical (unpaired) electrons. The van der Waals surface area contributed by atoms with Crippen LogP contribution in [0.15, 0.2) is 12.1 Å². The lowest BCUT2D eigenvalue weighted by atomic mass is 9.71. The van der Waals surface area contributed by atoms with Crippen molar-refractivity contribution in [3.05, 3.63) is 22.7 Å². The molecule has 2 N–H and O–H groups in total. The van der Waals surface area contributed by atoms with Crippen molar-refractivity contribution in [3.8, 4) is 11.5 Å². The molecule has 2 aliphatic heterocycles. The minimum Gasteiger partial charge on any atom is -0.490 e. The summed E-state index contributed by atoms with van der Waals surface area (Å²) < 4.78 is 11.3. The number of likely N-dealkylation sites (tertiary alicyclic amines) is 1. The lowest BCUT2D eigenvalue weighted by molar-refractivity contribution is -0.149. The van der Waals surface area contributed by atoms with Gasteiger partial charge in [0.1, 0.15) is 0 Å². The summed E-state index contributed by atoms with van der Waals surface area (Å²) in [4.78, 5) is 14.7. The van der Waals surface area contributed by atoms with Crippen LogP contribution in [-0.2, 0) is 11.3 Å². The Kier molecular flexibility index (Phi) is 6.50. The van der Waals surface area contributed by atoms with E-state index in [2.05, 4.69) is 10.2 Å². The first-order chi connectivity index (χ1) is 13.0. The molecule has 2 fully saturated rings. The number of carbonyl (C=O) groups excluding carboxylic acids is 1. The Morgan fingerprint density at radius 2 is 2.00 bits per heavy atom. The second-order valence-electron chi connectivity index (χ2n) is 7.29. The Balaban J connectivity index is 1.80. The molecule has 0 aromatic heterocycles. The molecule has 1 aromatic rings. The lowest BCUT2D eigenvalue weighted by Gasteiger charge is -2.47.